The molecule has 158 valence electrons. The first-order valence-electron chi connectivity index (χ1n) is 10.0. The van der Waals surface area contributed by atoms with E-state index in [0.717, 1.165) is 45.4 Å². The Kier molecular flexibility index (Phi) is 6.06. The van der Waals surface area contributed by atoms with Crippen molar-refractivity contribution in [3.8, 4) is 10.6 Å². The van der Waals surface area contributed by atoms with Gasteiger partial charge < -0.3 is 5.32 Å². The molecule has 0 fully saturated rings. The number of aryl methyl sites for hydroxylation is 3. The molecule has 0 aliphatic carbocycles. The first kappa shape index (κ1) is 21.1. The number of carbonyl (C=O) groups excluding carboxylic acids is 1. The molecule has 0 bridgehead atoms. The number of anilines is 1. The molecule has 0 saturated heterocycles. The number of thiocarbonyl (C=S) groups is 1. The molecule has 31 heavy (non-hydrogen) atoms. The summed E-state index contributed by atoms with van der Waals surface area (Å²) in [5, 5.41) is 19.9. The number of hydrogen-bond donors (Lipinski definition) is 2. The van der Waals surface area contributed by atoms with Crippen molar-refractivity contribution >= 4 is 45.2 Å². The first-order chi connectivity index (χ1) is 15.0. The smallest absolute Gasteiger partial charge is 0.257 e. The molecule has 2 heterocycles. The minimum Gasteiger partial charge on any atom is -0.332 e. The third kappa shape index (κ3) is 4.47. The summed E-state index contributed by atoms with van der Waals surface area (Å²) in [6, 6.07) is 13.5. The maximum atomic E-state index is 12.4. The van der Waals surface area contributed by atoms with E-state index >= 15 is 0 Å². The number of carbonyl (C=O) groups is 1. The molecule has 0 saturated carbocycles. The van der Waals surface area contributed by atoms with Crippen LogP contribution in [-0.4, -0.2) is 30.8 Å². The molecule has 0 radical (unpaired) electrons. The average molecular weight is 451 g/mol. The van der Waals surface area contributed by atoms with Crippen LogP contribution in [0, 0.1) is 6.92 Å². The summed E-state index contributed by atoms with van der Waals surface area (Å²) in [5.41, 5.74) is 4.56. The lowest BCUT2D eigenvalue weighted by Crippen LogP contribution is -2.34. The van der Waals surface area contributed by atoms with Gasteiger partial charge in [-0.05, 0) is 67.0 Å². The second-order valence-corrected chi connectivity index (χ2v) is 8.42. The van der Waals surface area contributed by atoms with E-state index in [1.54, 1.807) is 16.6 Å². The van der Waals surface area contributed by atoms with Gasteiger partial charge in [-0.1, -0.05) is 37.3 Å². The fourth-order valence-corrected chi connectivity index (χ4v) is 4.21. The Hall–Kier alpha value is -3.17. The van der Waals surface area contributed by atoms with E-state index in [1.165, 1.54) is 16.9 Å². The summed E-state index contributed by atoms with van der Waals surface area (Å²) in [5.74, 6) is 0.610. The lowest BCUT2D eigenvalue weighted by Gasteiger charge is -2.12. The van der Waals surface area contributed by atoms with Crippen LogP contribution in [0.5, 0.6) is 0 Å². The van der Waals surface area contributed by atoms with Gasteiger partial charge in [0, 0.05) is 23.2 Å². The molecule has 4 aromatic rings. The fraction of sp³-hybridized carbons (Fsp3) is 0.227. The van der Waals surface area contributed by atoms with Gasteiger partial charge in [-0.2, -0.15) is 9.61 Å². The van der Waals surface area contributed by atoms with Crippen LogP contribution in [0.3, 0.4) is 0 Å². The Labute approximate surface area is 189 Å². The summed E-state index contributed by atoms with van der Waals surface area (Å²) in [7, 11) is 0. The van der Waals surface area contributed by atoms with Crippen LogP contribution in [0.4, 0.5) is 5.69 Å². The van der Waals surface area contributed by atoms with Crippen LogP contribution in [0.25, 0.3) is 15.5 Å². The first-order valence-corrected chi connectivity index (χ1v) is 11.2. The minimum absolute atomic E-state index is 0.235. The quantitative estimate of drug-likeness (QED) is 0.438. The van der Waals surface area contributed by atoms with Gasteiger partial charge in [-0.25, -0.2) is 0 Å². The Bertz CT molecular complexity index is 1260. The lowest BCUT2D eigenvalue weighted by atomic mass is 10.1. The summed E-state index contributed by atoms with van der Waals surface area (Å²) in [4.78, 5) is 13.2. The van der Waals surface area contributed by atoms with Gasteiger partial charge >= 0.3 is 0 Å². The molecule has 2 aromatic heterocycles. The molecule has 0 atom stereocenters. The molecule has 2 N–H and O–H groups in total. The van der Waals surface area contributed by atoms with Gasteiger partial charge in [0.1, 0.15) is 5.01 Å². The highest BCUT2D eigenvalue weighted by Gasteiger charge is 2.13. The predicted molar refractivity (Wildman–Crippen MR) is 128 cm³/mol. The van der Waals surface area contributed by atoms with E-state index in [9.17, 15) is 4.79 Å². The van der Waals surface area contributed by atoms with Crippen LogP contribution in [0.2, 0.25) is 0 Å². The van der Waals surface area contributed by atoms with Crippen molar-refractivity contribution in [1.29, 1.82) is 0 Å². The molecule has 2 aromatic carbocycles. The number of nitrogens with zero attached hydrogens (tertiary/aromatic N) is 4. The molecule has 1 amide bonds. The predicted octanol–water partition coefficient (Wildman–Crippen LogP) is 4.41. The molecular formula is C22H22N6OS2. The number of benzene rings is 2. The molecule has 7 nitrogen and oxygen atoms in total. The summed E-state index contributed by atoms with van der Waals surface area (Å²) in [6.45, 7) is 6.09. The molecule has 9 heteroatoms. The third-order valence-electron chi connectivity index (χ3n) is 4.94. The van der Waals surface area contributed by atoms with Crippen molar-refractivity contribution < 1.29 is 4.79 Å². The number of amides is 1. The van der Waals surface area contributed by atoms with Crippen LogP contribution < -0.4 is 10.6 Å². The van der Waals surface area contributed by atoms with Crippen LogP contribution in [0.15, 0.2) is 42.5 Å². The zero-order valence-electron chi connectivity index (χ0n) is 17.5. The molecule has 0 spiro atoms. The van der Waals surface area contributed by atoms with Gasteiger partial charge in [-0.15, -0.1) is 10.2 Å². The van der Waals surface area contributed by atoms with Crippen molar-refractivity contribution in [1.82, 2.24) is 25.1 Å². The minimum atomic E-state index is -0.235. The number of fused-ring (bicyclic) bond motifs is 1. The maximum absolute atomic E-state index is 12.4. The van der Waals surface area contributed by atoms with E-state index in [4.69, 9.17) is 12.2 Å². The van der Waals surface area contributed by atoms with Crippen LogP contribution in [-0.2, 0) is 12.8 Å². The number of rotatable bonds is 5. The topological polar surface area (TPSA) is 84.2 Å². The van der Waals surface area contributed by atoms with Crippen molar-refractivity contribution in [2.45, 2.75) is 33.6 Å². The SMILES string of the molecule is CCc1ccc(C(=O)NC(=S)Nc2ccc(-c3nn4c(CC)nnc4s3)cc2C)cc1. The van der Waals surface area contributed by atoms with Crippen molar-refractivity contribution in [2.24, 2.45) is 0 Å². The highest BCUT2D eigenvalue weighted by molar-refractivity contribution is 7.80. The summed E-state index contributed by atoms with van der Waals surface area (Å²) in [6.07, 6.45) is 1.71. The van der Waals surface area contributed by atoms with E-state index in [-0.39, 0.29) is 11.0 Å². The second kappa shape index (κ2) is 8.91. The van der Waals surface area contributed by atoms with Crippen LogP contribution >= 0.6 is 23.6 Å². The molecular weight excluding hydrogens is 428 g/mol. The molecule has 4 rings (SSSR count). The fourth-order valence-electron chi connectivity index (χ4n) is 3.15. The van der Waals surface area contributed by atoms with Crippen molar-refractivity contribution in [3.63, 3.8) is 0 Å². The Morgan fingerprint density at radius 1 is 1.10 bits per heavy atom. The molecule has 0 aliphatic rings. The number of hydrogen-bond acceptors (Lipinski definition) is 6. The van der Waals surface area contributed by atoms with Gasteiger partial charge in [0.15, 0.2) is 10.9 Å². The lowest BCUT2D eigenvalue weighted by molar-refractivity contribution is 0.0977. The Morgan fingerprint density at radius 2 is 1.87 bits per heavy atom. The van der Waals surface area contributed by atoms with Gasteiger partial charge in [-0.3, -0.25) is 10.1 Å². The zero-order valence-corrected chi connectivity index (χ0v) is 19.1. The standard InChI is InChI=1S/C22H22N6OS2/c1-4-14-6-8-15(9-7-14)19(29)24-21(30)23-17-11-10-16(12-13(17)3)20-27-28-18(5-2)25-26-22(28)31-20/h6-12H,4-5H2,1-3H3,(H2,23,24,29,30). The monoisotopic (exact) mass is 450 g/mol. The highest BCUT2D eigenvalue weighted by Crippen LogP contribution is 2.28. The Balaban J connectivity index is 1.45. The second-order valence-electron chi connectivity index (χ2n) is 7.06. The molecule has 0 unspecified atom stereocenters. The number of nitrogens with one attached hydrogen (secondary N) is 2. The zero-order chi connectivity index (χ0) is 22.0. The van der Waals surface area contributed by atoms with E-state index in [2.05, 4.69) is 32.9 Å². The molecule has 0 aliphatic heterocycles. The van der Waals surface area contributed by atoms with E-state index < -0.39 is 0 Å². The van der Waals surface area contributed by atoms with Crippen molar-refractivity contribution in [3.05, 3.63) is 65.0 Å². The largest absolute Gasteiger partial charge is 0.332 e. The van der Waals surface area contributed by atoms with Crippen molar-refractivity contribution in [2.75, 3.05) is 5.32 Å². The normalized spacial score (nSPS) is 10.9. The summed E-state index contributed by atoms with van der Waals surface area (Å²) < 4.78 is 1.79. The highest BCUT2D eigenvalue weighted by atomic mass is 32.1. The van der Waals surface area contributed by atoms with Gasteiger partial charge in [0.25, 0.3) is 5.91 Å². The summed E-state index contributed by atoms with van der Waals surface area (Å²) >= 11 is 6.83. The van der Waals surface area contributed by atoms with Crippen LogP contribution in [0.1, 0.15) is 41.2 Å². The van der Waals surface area contributed by atoms with Gasteiger partial charge in [0.05, 0.1) is 0 Å². The van der Waals surface area contributed by atoms with E-state index in [0.29, 0.717) is 5.56 Å². The maximum Gasteiger partial charge on any atom is 0.257 e. The Morgan fingerprint density at radius 3 is 2.55 bits per heavy atom. The number of aromatic nitrogens is 4. The van der Waals surface area contributed by atoms with E-state index in [1.807, 2.05) is 44.2 Å². The third-order valence-corrected chi connectivity index (χ3v) is 6.10. The van der Waals surface area contributed by atoms with Gasteiger partial charge in [0.2, 0.25) is 4.96 Å². The average Bonchev–Trinajstić information content (AvgIpc) is 3.36.